The quantitative estimate of drug-likeness (QED) is 0.740. The van der Waals surface area contributed by atoms with Gasteiger partial charge in [-0.3, -0.25) is 4.79 Å². The van der Waals surface area contributed by atoms with Crippen molar-refractivity contribution < 1.29 is 9.53 Å². The van der Waals surface area contributed by atoms with Gasteiger partial charge in [-0.15, -0.1) is 0 Å². The van der Waals surface area contributed by atoms with Crippen molar-refractivity contribution in [2.75, 3.05) is 58.4 Å². The summed E-state index contributed by atoms with van der Waals surface area (Å²) >= 11 is 0. The summed E-state index contributed by atoms with van der Waals surface area (Å²) in [6, 6.07) is 0. The number of amides is 1. The monoisotopic (exact) mass is 279 g/mol. The minimum Gasteiger partial charge on any atom is -0.383 e. The lowest BCUT2D eigenvalue weighted by Gasteiger charge is -2.32. The summed E-state index contributed by atoms with van der Waals surface area (Å²) in [5.74, 6) is 0.513. The molecule has 1 aromatic heterocycles. The molecule has 0 atom stereocenters. The summed E-state index contributed by atoms with van der Waals surface area (Å²) in [7, 11) is 3.70. The molecule has 0 saturated carbocycles. The van der Waals surface area contributed by atoms with Crippen LogP contribution >= 0.6 is 0 Å². The Kier molecular flexibility index (Phi) is 5.25. The van der Waals surface area contributed by atoms with Crippen LogP contribution in [0.2, 0.25) is 0 Å². The predicted molar refractivity (Wildman–Crippen MR) is 76.0 cm³/mol. The van der Waals surface area contributed by atoms with E-state index in [4.69, 9.17) is 4.74 Å². The van der Waals surface area contributed by atoms with E-state index < -0.39 is 0 Å². The van der Waals surface area contributed by atoms with Crippen LogP contribution in [0.1, 0.15) is 10.4 Å². The lowest BCUT2D eigenvalue weighted by molar-refractivity contribution is 0.0936. The molecule has 1 aliphatic rings. The summed E-state index contributed by atoms with van der Waals surface area (Å²) < 4.78 is 4.88. The third kappa shape index (κ3) is 3.88. The van der Waals surface area contributed by atoms with Crippen molar-refractivity contribution in [3.8, 4) is 0 Å². The zero-order valence-electron chi connectivity index (χ0n) is 12.0. The minimum atomic E-state index is -0.174. The number of hydrogen-bond acceptors (Lipinski definition) is 6. The van der Waals surface area contributed by atoms with Gasteiger partial charge in [0.1, 0.15) is 0 Å². The van der Waals surface area contributed by atoms with Crippen LogP contribution in [0, 0.1) is 0 Å². The number of piperazine rings is 1. The number of hydrogen-bond donors (Lipinski definition) is 1. The molecule has 0 spiro atoms. The predicted octanol–water partition coefficient (Wildman–Crippen LogP) is -0.395. The minimum absolute atomic E-state index is 0.174. The molecule has 2 rings (SSSR count). The van der Waals surface area contributed by atoms with Gasteiger partial charge in [0.15, 0.2) is 0 Å². The number of carbonyl (C=O) groups is 1. The van der Waals surface area contributed by atoms with Gasteiger partial charge in [0.25, 0.3) is 5.91 Å². The van der Waals surface area contributed by atoms with Crippen LogP contribution in [-0.4, -0.2) is 74.3 Å². The smallest absolute Gasteiger partial charge is 0.254 e. The molecule has 7 nitrogen and oxygen atoms in total. The molecular formula is C13H21N5O2. The number of likely N-dealkylation sites (N-methyl/N-ethyl adjacent to an activating group) is 1. The van der Waals surface area contributed by atoms with E-state index in [1.165, 1.54) is 0 Å². The molecule has 0 aliphatic carbocycles. The Labute approximate surface area is 118 Å². The third-order valence-electron chi connectivity index (χ3n) is 3.28. The first kappa shape index (κ1) is 14.7. The fourth-order valence-corrected chi connectivity index (χ4v) is 1.98. The molecule has 1 aromatic rings. The molecule has 1 aliphatic heterocycles. The van der Waals surface area contributed by atoms with Crippen molar-refractivity contribution in [1.29, 1.82) is 0 Å². The number of nitrogens with one attached hydrogen (secondary N) is 1. The van der Waals surface area contributed by atoms with Gasteiger partial charge in [-0.05, 0) is 7.05 Å². The molecule has 7 heteroatoms. The SMILES string of the molecule is COCCNC(=O)c1cnc(N2CCN(C)CC2)nc1. The molecule has 0 unspecified atom stereocenters. The van der Waals surface area contributed by atoms with Gasteiger partial charge in [-0.25, -0.2) is 9.97 Å². The van der Waals surface area contributed by atoms with E-state index in [0.717, 1.165) is 26.2 Å². The second kappa shape index (κ2) is 7.16. The Morgan fingerprint density at radius 1 is 1.30 bits per heavy atom. The molecule has 2 heterocycles. The molecular weight excluding hydrogens is 258 g/mol. The molecule has 1 N–H and O–H groups in total. The van der Waals surface area contributed by atoms with E-state index in [9.17, 15) is 4.79 Å². The maximum atomic E-state index is 11.8. The second-order valence-corrected chi connectivity index (χ2v) is 4.81. The van der Waals surface area contributed by atoms with E-state index in [0.29, 0.717) is 24.7 Å². The number of aromatic nitrogens is 2. The van der Waals surface area contributed by atoms with E-state index in [2.05, 4.69) is 32.1 Å². The molecule has 1 amide bonds. The zero-order chi connectivity index (χ0) is 14.4. The molecule has 20 heavy (non-hydrogen) atoms. The summed E-state index contributed by atoms with van der Waals surface area (Å²) in [6.07, 6.45) is 3.14. The van der Waals surface area contributed by atoms with Crippen LogP contribution in [0.25, 0.3) is 0 Å². The fraction of sp³-hybridized carbons (Fsp3) is 0.615. The molecule has 0 bridgehead atoms. The van der Waals surface area contributed by atoms with E-state index in [1.54, 1.807) is 19.5 Å². The first-order valence-corrected chi connectivity index (χ1v) is 6.73. The van der Waals surface area contributed by atoms with E-state index in [1.807, 2.05) is 0 Å². The zero-order valence-corrected chi connectivity index (χ0v) is 12.0. The lowest BCUT2D eigenvalue weighted by Crippen LogP contribution is -2.45. The van der Waals surface area contributed by atoms with Gasteiger partial charge in [0, 0.05) is 52.2 Å². The van der Waals surface area contributed by atoms with Crippen molar-refractivity contribution in [2.24, 2.45) is 0 Å². The Hall–Kier alpha value is -1.73. The maximum absolute atomic E-state index is 11.8. The van der Waals surface area contributed by atoms with Crippen molar-refractivity contribution in [3.63, 3.8) is 0 Å². The first-order valence-electron chi connectivity index (χ1n) is 6.73. The number of carbonyl (C=O) groups excluding carboxylic acids is 1. The molecule has 1 fully saturated rings. The normalized spacial score (nSPS) is 16.2. The van der Waals surface area contributed by atoms with Crippen molar-refractivity contribution in [1.82, 2.24) is 20.2 Å². The lowest BCUT2D eigenvalue weighted by atomic mass is 10.3. The Balaban J connectivity index is 1.90. The second-order valence-electron chi connectivity index (χ2n) is 4.81. The summed E-state index contributed by atoms with van der Waals surface area (Å²) in [4.78, 5) is 24.7. The Morgan fingerprint density at radius 3 is 2.55 bits per heavy atom. The van der Waals surface area contributed by atoms with Crippen LogP contribution < -0.4 is 10.2 Å². The number of nitrogens with zero attached hydrogens (tertiary/aromatic N) is 4. The average Bonchev–Trinajstić information content (AvgIpc) is 2.48. The van der Waals surface area contributed by atoms with E-state index in [-0.39, 0.29) is 5.91 Å². The van der Waals surface area contributed by atoms with Gasteiger partial charge >= 0.3 is 0 Å². The van der Waals surface area contributed by atoms with Gasteiger partial charge in [-0.1, -0.05) is 0 Å². The number of anilines is 1. The topological polar surface area (TPSA) is 70.6 Å². The van der Waals surface area contributed by atoms with Crippen LogP contribution in [0.3, 0.4) is 0 Å². The Morgan fingerprint density at radius 2 is 1.95 bits per heavy atom. The third-order valence-corrected chi connectivity index (χ3v) is 3.28. The van der Waals surface area contributed by atoms with Crippen molar-refractivity contribution in [2.45, 2.75) is 0 Å². The Bertz CT molecular complexity index is 429. The largest absolute Gasteiger partial charge is 0.383 e. The van der Waals surface area contributed by atoms with Crippen molar-refractivity contribution in [3.05, 3.63) is 18.0 Å². The highest BCUT2D eigenvalue weighted by atomic mass is 16.5. The highest BCUT2D eigenvalue weighted by molar-refractivity contribution is 5.93. The van der Waals surface area contributed by atoms with Crippen LogP contribution in [0.4, 0.5) is 5.95 Å². The molecule has 110 valence electrons. The van der Waals surface area contributed by atoms with Gasteiger partial charge in [-0.2, -0.15) is 0 Å². The fourth-order valence-electron chi connectivity index (χ4n) is 1.98. The summed E-state index contributed by atoms with van der Waals surface area (Å²) in [5.41, 5.74) is 0.471. The number of ether oxygens (including phenoxy) is 1. The van der Waals surface area contributed by atoms with Crippen LogP contribution in [0.15, 0.2) is 12.4 Å². The van der Waals surface area contributed by atoms with Crippen molar-refractivity contribution >= 4 is 11.9 Å². The first-order chi connectivity index (χ1) is 9.70. The van der Waals surface area contributed by atoms with Gasteiger partial charge in [0.2, 0.25) is 5.95 Å². The maximum Gasteiger partial charge on any atom is 0.254 e. The highest BCUT2D eigenvalue weighted by Gasteiger charge is 2.16. The van der Waals surface area contributed by atoms with Crippen LogP contribution in [0.5, 0.6) is 0 Å². The van der Waals surface area contributed by atoms with Gasteiger partial charge in [0.05, 0.1) is 12.2 Å². The summed E-state index contributed by atoms with van der Waals surface area (Å²) in [6.45, 7) is 4.80. The molecule has 0 radical (unpaired) electrons. The summed E-state index contributed by atoms with van der Waals surface area (Å²) in [5, 5.41) is 2.74. The molecule has 1 saturated heterocycles. The van der Waals surface area contributed by atoms with Crippen LogP contribution in [-0.2, 0) is 4.74 Å². The van der Waals surface area contributed by atoms with E-state index >= 15 is 0 Å². The average molecular weight is 279 g/mol. The number of rotatable bonds is 5. The number of methoxy groups -OCH3 is 1. The standard InChI is InChI=1S/C13H21N5O2/c1-17-4-6-18(7-5-17)13-15-9-11(10-16-13)12(19)14-3-8-20-2/h9-10H,3-8H2,1-2H3,(H,14,19). The van der Waals surface area contributed by atoms with Gasteiger partial charge < -0.3 is 19.9 Å². The molecule has 0 aromatic carbocycles. The highest BCUT2D eigenvalue weighted by Crippen LogP contribution is 2.09.